The highest BCUT2D eigenvalue weighted by atomic mass is 19.1. The van der Waals surface area contributed by atoms with Crippen molar-refractivity contribution in [1.29, 1.82) is 0 Å². The van der Waals surface area contributed by atoms with E-state index in [1.807, 2.05) is 0 Å². The summed E-state index contributed by atoms with van der Waals surface area (Å²) in [5, 5.41) is 13.4. The lowest BCUT2D eigenvalue weighted by molar-refractivity contribution is 0.246. The second kappa shape index (κ2) is 9.44. The number of phenolic OH excluding ortho intramolecular Hbond substituents is 1. The van der Waals surface area contributed by atoms with Crippen LogP contribution in [-0.2, 0) is 6.54 Å². The summed E-state index contributed by atoms with van der Waals surface area (Å²) in [5.41, 5.74) is 5.92. The van der Waals surface area contributed by atoms with E-state index in [9.17, 15) is 14.3 Å². The predicted octanol–water partition coefficient (Wildman–Crippen LogP) is 4.04. The van der Waals surface area contributed by atoms with Crippen molar-refractivity contribution in [3.63, 3.8) is 0 Å². The number of fused-ring (bicyclic) bond motifs is 1. The van der Waals surface area contributed by atoms with Crippen molar-refractivity contribution in [2.24, 2.45) is 5.73 Å². The highest BCUT2D eigenvalue weighted by molar-refractivity contribution is 6.06. The first-order valence-corrected chi connectivity index (χ1v) is 12.1. The van der Waals surface area contributed by atoms with Crippen LogP contribution in [0.15, 0.2) is 12.3 Å². The fourth-order valence-corrected chi connectivity index (χ4v) is 5.33. The molecule has 0 bridgehead atoms. The van der Waals surface area contributed by atoms with Crippen LogP contribution in [-0.4, -0.2) is 46.3 Å². The van der Waals surface area contributed by atoms with Crippen LogP contribution in [0.3, 0.4) is 0 Å². The molecule has 3 aliphatic rings. The summed E-state index contributed by atoms with van der Waals surface area (Å²) in [6.45, 7) is -0.142. The number of benzene rings is 1. The van der Waals surface area contributed by atoms with Gasteiger partial charge >= 0.3 is 6.03 Å². The Kier molecular flexibility index (Phi) is 6.35. The second-order valence-corrected chi connectivity index (χ2v) is 9.55. The zero-order valence-electron chi connectivity index (χ0n) is 19.6. The summed E-state index contributed by atoms with van der Waals surface area (Å²) in [5.74, 6) is -2.55. The van der Waals surface area contributed by atoms with Crippen LogP contribution in [0.25, 0.3) is 0 Å². The van der Waals surface area contributed by atoms with Crippen LogP contribution >= 0.6 is 0 Å². The number of halogens is 2. The molecule has 2 amide bonds. The number of amides is 2. The lowest BCUT2D eigenvalue weighted by Gasteiger charge is -2.39. The third-order valence-corrected chi connectivity index (χ3v) is 7.24. The molecular weight excluding hydrogens is 458 g/mol. The Labute approximate surface area is 202 Å². The molecule has 1 aromatic heterocycles. The molecule has 5 rings (SSSR count). The molecule has 1 aromatic carbocycles. The Balaban J connectivity index is 1.52. The standard InChI is InChI=1S/C24H30F2N6O3/c1-35-18-10-17(33)19(25)21(20(18)26)31-12-13-11-28-23(29-15-8-6-14(27)7-9-15)30-22(13)32(24(31)34)16-4-2-3-5-16/h10-11,14-16,33H,2-9,12,27H2,1H3,(H,28,29,30). The van der Waals surface area contributed by atoms with Crippen LogP contribution < -0.4 is 25.6 Å². The lowest BCUT2D eigenvalue weighted by atomic mass is 9.92. The quantitative estimate of drug-likeness (QED) is 0.582. The van der Waals surface area contributed by atoms with Crippen LogP contribution in [0.2, 0.25) is 0 Å². The number of anilines is 3. The molecule has 0 saturated heterocycles. The van der Waals surface area contributed by atoms with Crippen molar-refractivity contribution in [3.05, 3.63) is 29.5 Å². The smallest absolute Gasteiger partial charge is 0.330 e. The van der Waals surface area contributed by atoms with Crippen molar-refractivity contribution in [2.45, 2.75) is 76.0 Å². The second-order valence-electron chi connectivity index (χ2n) is 9.55. The normalized spacial score (nSPS) is 22.9. The van der Waals surface area contributed by atoms with Gasteiger partial charge in [0.1, 0.15) is 11.5 Å². The Bertz CT molecular complexity index is 1120. The molecule has 11 heteroatoms. The Morgan fingerprint density at radius 3 is 2.54 bits per heavy atom. The minimum absolute atomic E-state index is 0.142. The molecule has 0 unspecified atom stereocenters. The molecule has 2 fully saturated rings. The number of hydrogen-bond donors (Lipinski definition) is 3. The summed E-state index contributed by atoms with van der Waals surface area (Å²) >= 11 is 0. The van der Waals surface area contributed by atoms with Gasteiger partial charge in [0.05, 0.1) is 13.7 Å². The molecule has 2 aliphatic carbocycles. The number of phenols is 1. The van der Waals surface area contributed by atoms with Crippen molar-refractivity contribution >= 4 is 23.5 Å². The summed E-state index contributed by atoms with van der Waals surface area (Å²) < 4.78 is 35.1. The van der Waals surface area contributed by atoms with Crippen molar-refractivity contribution in [3.8, 4) is 11.5 Å². The molecule has 9 nitrogen and oxygen atoms in total. The van der Waals surface area contributed by atoms with Crippen LogP contribution in [0.4, 0.5) is 31.0 Å². The fraction of sp³-hybridized carbons (Fsp3) is 0.542. The summed E-state index contributed by atoms with van der Waals surface area (Å²) in [4.78, 5) is 25.4. The lowest BCUT2D eigenvalue weighted by Crippen LogP contribution is -2.52. The van der Waals surface area contributed by atoms with E-state index in [1.54, 1.807) is 6.20 Å². The van der Waals surface area contributed by atoms with Gasteiger partial charge in [0, 0.05) is 36.0 Å². The van der Waals surface area contributed by atoms with E-state index in [1.165, 1.54) is 12.0 Å². The van der Waals surface area contributed by atoms with E-state index in [0.717, 1.165) is 62.3 Å². The van der Waals surface area contributed by atoms with E-state index in [2.05, 4.69) is 10.3 Å². The number of aromatic nitrogens is 2. The van der Waals surface area contributed by atoms with Gasteiger partial charge in [0.25, 0.3) is 0 Å². The maximum absolute atomic E-state index is 15.2. The van der Waals surface area contributed by atoms with E-state index >= 15 is 4.39 Å². The van der Waals surface area contributed by atoms with Gasteiger partial charge in [0.2, 0.25) is 5.95 Å². The third kappa shape index (κ3) is 4.33. The molecule has 35 heavy (non-hydrogen) atoms. The maximum Gasteiger partial charge on any atom is 0.330 e. The van der Waals surface area contributed by atoms with E-state index in [4.69, 9.17) is 15.5 Å². The predicted molar refractivity (Wildman–Crippen MR) is 127 cm³/mol. The van der Waals surface area contributed by atoms with Gasteiger partial charge in [-0.05, 0) is 38.5 Å². The van der Waals surface area contributed by atoms with Crippen LogP contribution in [0, 0.1) is 11.6 Å². The minimum atomic E-state index is -1.22. The number of hydrogen-bond acceptors (Lipinski definition) is 7. The van der Waals surface area contributed by atoms with Crippen molar-refractivity contribution in [1.82, 2.24) is 9.97 Å². The maximum atomic E-state index is 15.2. The topological polar surface area (TPSA) is 117 Å². The van der Waals surface area contributed by atoms with Crippen molar-refractivity contribution in [2.75, 3.05) is 22.2 Å². The van der Waals surface area contributed by atoms with Gasteiger partial charge in [0.15, 0.2) is 23.1 Å². The number of carbonyl (C=O) groups excluding carboxylic acids is 1. The van der Waals surface area contributed by atoms with Crippen molar-refractivity contribution < 1.29 is 23.4 Å². The zero-order valence-corrected chi connectivity index (χ0v) is 19.6. The number of ether oxygens (including phenoxy) is 1. The molecule has 2 heterocycles. The molecule has 0 radical (unpaired) electrons. The molecule has 188 valence electrons. The average molecular weight is 489 g/mol. The first kappa shape index (κ1) is 23.5. The van der Waals surface area contributed by atoms with E-state index < -0.39 is 29.1 Å². The SMILES string of the molecule is COc1cc(O)c(F)c(N2Cc3cnc(NC4CCC(N)CC4)nc3N(C3CCCC3)C2=O)c1F. The third-order valence-electron chi connectivity index (χ3n) is 7.24. The fourth-order valence-electron chi connectivity index (χ4n) is 5.33. The summed E-state index contributed by atoms with van der Waals surface area (Å²) in [7, 11) is 1.21. The summed E-state index contributed by atoms with van der Waals surface area (Å²) in [6.07, 6.45) is 8.70. The highest BCUT2D eigenvalue weighted by Crippen LogP contribution is 2.42. The summed E-state index contributed by atoms with van der Waals surface area (Å²) in [6, 6.07) is 0.528. The van der Waals surface area contributed by atoms with Gasteiger partial charge in [-0.2, -0.15) is 4.98 Å². The largest absolute Gasteiger partial charge is 0.505 e. The molecule has 1 aliphatic heterocycles. The van der Waals surface area contributed by atoms with Crippen LogP contribution in [0.1, 0.15) is 56.9 Å². The number of carbonyl (C=O) groups is 1. The number of rotatable bonds is 5. The highest BCUT2D eigenvalue weighted by Gasteiger charge is 2.41. The number of urea groups is 1. The zero-order chi connectivity index (χ0) is 24.7. The molecular formula is C24H30F2N6O3. The molecule has 4 N–H and O–H groups in total. The van der Waals surface area contributed by atoms with E-state index in [0.29, 0.717) is 17.3 Å². The van der Waals surface area contributed by atoms with Gasteiger partial charge in [-0.15, -0.1) is 0 Å². The first-order chi connectivity index (χ1) is 16.9. The number of methoxy groups -OCH3 is 1. The Morgan fingerprint density at radius 1 is 1.14 bits per heavy atom. The molecule has 2 aromatic rings. The Hall–Kier alpha value is -3.21. The molecule has 0 spiro atoms. The monoisotopic (exact) mass is 488 g/mol. The van der Waals surface area contributed by atoms with Gasteiger partial charge in [-0.25, -0.2) is 18.6 Å². The average Bonchev–Trinajstić information content (AvgIpc) is 3.38. The molecule has 2 saturated carbocycles. The number of nitrogens with one attached hydrogen (secondary N) is 1. The Morgan fingerprint density at radius 2 is 1.86 bits per heavy atom. The number of nitrogens with two attached hydrogens (primary N) is 1. The van der Waals surface area contributed by atoms with Gasteiger partial charge in [-0.3, -0.25) is 9.80 Å². The van der Waals surface area contributed by atoms with Crippen LogP contribution in [0.5, 0.6) is 11.5 Å². The number of nitrogens with zero attached hydrogens (tertiary/aromatic N) is 4. The number of aromatic hydroxyl groups is 1. The first-order valence-electron chi connectivity index (χ1n) is 12.1. The molecule has 0 atom stereocenters. The van der Waals surface area contributed by atoms with E-state index in [-0.39, 0.29) is 30.4 Å². The van der Waals surface area contributed by atoms with Gasteiger partial charge < -0.3 is 20.9 Å². The minimum Gasteiger partial charge on any atom is -0.505 e. The van der Waals surface area contributed by atoms with Gasteiger partial charge in [-0.1, -0.05) is 12.8 Å².